The van der Waals surface area contributed by atoms with Gasteiger partial charge >= 0.3 is 0 Å². The topological polar surface area (TPSA) is 35.5 Å². The predicted octanol–water partition coefficient (Wildman–Crippen LogP) is 5.07. The first-order chi connectivity index (χ1) is 10.7. The van der Waals surface area contributed by atoms with E-state index < -0.39 is 0 Å². The number of hydrogen-bond acceptors (Lipinski definition) is 3. The summed E-state index contributed by atoms with van der Waals surface area (Å²) >= 11 is 12.2. The molecule has 1 saturated heterocycles. The predicted molar refractivity (Wildman–Crippen MR) is 106 cm³/mol. The van der Waals surface area contributed by atoms with E-state index in [1.54, 1.807) is 0 Å². The number of nitrogens with one attached hydrogen (secondary N) is 1. The van der Waals surface area contributed by atoms with Gasteiger partial charge in [0.2, 0.25) is 0 Å². The minimum Gasteiger partial charge on any atom is -0.506 e. The van der Waals surface area contributed by atoms with E-state index in [0.717, 1.165) is 31.7 Å². The van der Waals surface area contributed by atoms with Crippen molar-refractivity contribution >= 4 is 48.0 Å². The number of phenolic OH excluding ortho intramolecular Hbond substituents is 1. The first-order valence-electron chi connectivity index (χ1n) is 8.30. The zero-order valence-corrected chi connectivity index (χ0v) is 16.8. The Labute approximate surface area is 166 Å². The minimum absolute atomic E-state index is 0. The standard InChI is InChI=1S/C17H24Cl2N2O.2ClH/c18-14-7-6-13(17(22)15(14)19)16(12-4-2-1-3-5-12)21-10-8-20-9-11-21;;/h6-7,12,16,20,22H,1-5,8-11H2;2*1H/t16-;;/m1../s1. The number of aromatic hydroxyl groups is 1. The average molecular weight is 416 g/mol. The average Bonchev–Trinajstić information content (AvgIpc) is 2.57. The molecule has 1 heterocycles. The number of benzene rings is 1. The van der Waals surface area contributed by atoms with Crippen LogP contribution in [0.1, 0.15) is 43.7 Å². The molecule has 0 aromatic heterocycles. The quantitative estimate of drug-likeness (QED) is 0.723. The molecule has 7 heteroatoms. The smallest absolute Gasteiger partial charge is 0.140 e. The van der Waals surface area contributed by atoms with Crippen LogP contribution in [0.15, 0.2) is 12.1 Å². The number of halogens is 4. The highest BCUT2D eigenvalue weighted by Crippen LogP contribution is 2.45. The second kappa shape index (κ2) is 10.3. The molecule has 0 unspecified atom stereocenters. The van der Waals surface area contributed by atoms with Crippen LogP contribution in [0.5, 0.6) is 5.75 Å². The highest BCUT2D eigenvalue weighted by molar-refractivity contribution is 6.43. The summed E-state index contributed by atoms with van der Waals surface area (Å²) in [4.78, 5) is 2.51. The lowest BCUT2D eigenvalue weighted by Gasteiger charge is -2.41. The summed E-state index contributed by atoms with van der Waals surface area (Å²) in [5, 5.41) is 14.7. The van der Waals surface area contributed by atoms with Gasteiger partial charge in [-0.15, -0.1) is 24.8 Å². The molecule has 0 bridgehead atoms. The van der Waals surface area contributed by atoms with Gasteiger partial charge in [-0.25, -0.2) is 0 Å². The van der Waals surface area contributed by atoms with Gasteiger partial charge in [0, 0.05) is 37.8 Å². The van der Waals surface area contributed by atoms with E-state index in [0.29, 0.717) is 10.9 Å². The van der Waals surface area contributed by atoms with Crippen molar-refractivity contribution in [2.45, 2.75) is 38.1 Å². The van der Waals surface area contributed by atoms with Gasteiger partial charge in [0.05, 0.1) is 5.02 Å². The third-order valence-corrected chi connectivity index (χ3v) is 5.85. The Morgan fingerprint density at radius 1 is 1.04 bits per heavy atom. The van der Waals surface area contributed by atoms with E-state index in [4.69, 9.17) is 23.2 Å². The van der Waals surface area contributed by atoms with Crippen LogP contribution in [0, 0.1) is 5.92 Å². The van der Waals surface area contributed by atoms with Crippen molar-refractivity contribution in [1.82, 2.24) is 10.2 Å². The lowest BCUT2D eigenvalue weighted by Crippen LogP contribution is -2.47. The Hall–Kier alpha value is 0.1000. The summed E-state index contributed by atoms with van der Waals surface area (Å²) < 4.78 is 0. The lowest BCUT2D eigenvalue weighted by atomic mass is 9.80. The van der Waals surface area contributed by atoms with Gasteiger partial charge in [-0.2, -0.15) is 0 Å². The van der Waals surface area contributed by atoms with Crippen LogP contribution in [0.4, 0.5) is 0 Å². The van der Waals surface area contributed by atoms with Gasteiger partial charge in [0.1, 0.15) is 10.8 Å². The molecule has 1 aliphatic carbocycles. The molecule has 138 valence electrons. The maximum Gasteiger partial charge on any atom is 0.140 e. The van der Waals surface area contributed by atoms with Gasteiger partial charge in [-0.1, -0.05) is 48.5 Å². The second-order valence-electron chi connectivity index (χ2n) is 6.43. The lowest BCUT2D eigenvalue weighted by molar-refractivity contribution is 0.101. The van der Waals surface area contributed by atoms with Crippen LogP contribution < -0.4 is 5.32 Å². The second-order valence-corrected chi connectivity index (χ2v) is 7.21. The van der Waals surface area contributed by atoms with E-state index in [1.807, 2.05) is 12.1 Å². The van der Waals surface area contributed by atoms with Gasteiger partial charge in [0.15, 0.2) is 0 Å². The van der Waals surface area contributed by atoms with Gasteiger partial charge in [0.25, 0.3) is 0 Å². The number of hydrogen-bond donors (Lipinski definition) is 2. The number of phenols is 1. The molecule has 1 atom stereocenters. The minimum atomic E-state index is 0. The van der Waals surface area contributed by atoms with Crippen LogP contribution in [0.3, 0.4) is 0 Å². The summed E-state index contributed by atoms with van der Waals surface area (Å²) in [5.74, 6) is 0.762. The molecule has 3 nitrogen and oxygen atoms in total. The van der Waals surface area contributed by atoms with E-state index >= 15 is 0 Å². The van der Waals surface area contributed by atoms with Crippen molar-refractivity contribution in [2.75, 3.05) is 26.2 Å². The number of piperazine rings is 1. The molecule has 3 rings (SSSR count). The maximum atomic E-state index is 10.6. The third kappa shape index (κ3) is 4.84. The van der Waals surface area contributed by atoms with E-state index in [2.05, 4.69) is 10.2 Å². The molecule has 0 spiro atoms. The molecule has 1 aliphatic heterocycles. The molecule has 2 fully saturated rings. The molecule has 0 amide bonds. The summed E-state index contributed by atoms with van der Waals surface area (Å²) in [6.45, 7) is 4.04. The highest BCUT2D eigenvalue weighted by Gasteiger charge is 2.33. The molecule has 0 radical (unpaired) electrons. The maximum absolute atomic E-state index is 10.6. The van der Waals surface area contributed by atoms with Crippen molar-refractivity contribution in [3.63, 3.8) is 0 Å². The van der Waals surface area contributed by atoms with E-state index in [9.17, 15) is 5.11 Å². The Morgan fingerprint density at radius 3 is 2.29 bits per heavy atom. The Kier molecular flexibility index (Phi) is 9.50. The Morgan fingerprint density at radius 2 is 1.67 bits per heavy atom. The Bertz CT molecular complexity index is 500. The van der Waals surface area contributed by atoms with Gasteiger partial charge in [-0.05, 0) is 24.8 Å². The zero-order chi connectivity index (χ0) is 15.5. The summed E-state index contributed by atoms with van der Waals surface area (Å²) in [7, 11) is 0. The fourth-order valence-electron chi connectivity index (χ4n) is 3.95. The van der Waals surface area contributed by atoms with Crippen molar-refractivity contribution in [3.05, 3.63) is 27.7 Å². The Balaban J connectivity index is 0.00000144. The van der Waals surface area contributed by atoms with Crippen LogP contribution in [-0.4, -0.2) is 36.2 Å². The first kappa shape index (κ1) is 22.1. The van der Waals surface area contributed by atoms with Gasteiger partial charge in [-0.3, -0.25) is 4.90 Å². The number of rotatable bonds is 3. The highest BCUT2D eigenvalue weighted by atomic mass is 35.5. The van der Waals surface area contributed by atoms with E-state index in [-0.39, 0.29) is 41.6 Å². The fraction of sp³-hybridized carbons (Fsp3) is 0.647. The zero-order valence-electron chi connectivity index (χ0n) is 13.6. The van der Waals surface area contributed by atoms with Crippen molar-refractivity contribution in [3.8, 4) is 5.75 Å². The first-order valence-corrected chi connectivity index (χ1v) is 9.05. The molecule has 1 aromatic rings. The largest absolute Gasteiger partial charge is 0.506 e. The number of nitrogens with zero attached hydrogens (tertiary/aromatic N) is 1. The van der Waals surface area contributed by atoms with Crippen LogP contribution in [0.25, 0.3) is 0 Å². The van der Waals surface area contributed by atoms with Crippen molar-refractivity contribution in [2.24, 2.45) is 5.92 Å². The van der Waals surface area contributed by atoms with Crippen molar-refractivity contribution < 1.29 is 5.11 Å². The van der Waals surface area contributed by atoms with Gasteiger partial charge < -0.3 is 10.4 Å². The SMILES string of the molecule is Cl.Cl.Oc1c([C@@H](C2CCCCC2)N2CCNCC2)ccc(Cl)c1Cl. The third-order valence-electron chi connectivity index (χ3n) is 5.06. The molecular formula is C17H26Cl4N2O. The summed E-state index contributed by atoms with van der Waals surface area (Å²) in [6.07, 6.45) is 6.37. The van der Waals surface area contributed by atoms with Crippen LogP contribution in [0.2, 0.25) is 10.0 Å². The van der Waals surface area contributed by atoms with Crippen LogP contribution >= 0.6 is 48.0 Å². The van der Waals surface area contributed by atoms with E-state index in [1.165, 1.54) is 32.1 Å². The monoisotopic (exact) mass is 414 g/mol. The summed E-state index contributed by atoms with van der Waals surface area (Å²) in [5.41, 5.74) is 0.947. The van der Waals surface area contributed by atoms with Crippen molar-refractivity contribution in [1.29, 1.82) is 0 Å². The normalized spacial score (nSPS) is 20.8. The molecule has 1 saturated carbocycles. The molecule has 2 aliphatic rings. The molecule has 1 aromatic carbocycles. The molecule has 2 N–H and O–H groups in total. The summed E-state index contributed by atoms with van der Waals surface area (Å²) in [6, 6.07) is 4.03. The van der Waals surface area contributed by atoms with Crippen LogP contribution in [-0.2, 0) is 0 Å². The molecular weight excluding hydrogens is 390 g/mol. The molecule has 24 heavy (non-hydrogen) atoms. The fourth-order valence-corrected chi connectivity index (χ4v) is 4.28.